The summed E-state index contributed by atoms with van der Waals surface area (Å²) in [6, 6.07) is 5.49. The number of allylic oxidation sites excluding steroid dienone is 1. The number of hydrogen-bond donors (Lipinski definition) is 2. The number of carboxylic acids is 1. The first-order chi connectivity index (χ1) is 17.2. The van der Waals surface area contributed by atoms with Crippen molar-refractivity contribution in [3.63, 3.8) is 0 Å². The maximum absolute atomic E-state index is 12.9. The van der Waals surface area contributed by atoms with E-state index in [2.05, 4.69) is 16.6 Å². The van der Waals surface area contributed by atoms with Crippen LogP contribution in [0.5, 0.6) is 11.5 Å². The van der Waals surface area contributed by atoms with Crippen molar-refractivity contribution < 1.29 is 42.9 Å². The van der Waals surface area contributed by atoms with Gasteiger partial charge in [-0.2, -0.15) is 0 Å². The van der Waals surface area contributed by atoms with Gasteiger partial charge in [-0.05, 0) is 56.2 Å². The number of methoxy groups -OCH3 is 1. The van der Waals surface area contributed by atoms with Crippen molar-refractivity contribution in [3.8, 4) is 11.5 Å². The molecule has 0 aliphatic carbocycles. The number of urea groups is 1. The Bertz CT molecular complexity index is 1230. The van der Waals surface area contributed by atoms with Gasteiger partial charge >= 0.3 is 18.0 Å². The Kier molecular flexibility index (Phi) is 8.15. The predicted molar refractivity (Wildman–Crippen MR) is 126 cm³/mol. The Labute approximate surface area is 206 Å². The second-order valence-corrected chi connectivity index (χ2v) is 7.67. The average molecular weight is 498 g/mol. The highest BCUT2D eigenvalue weighted by Crippen LogP contribution is 2.35. The summed E-state index contributed by atoms with van der Waals surface area (Å²) in [5.74, 6) is -1.69. The van der Waals surface area contributed by atoms with Crippen LogP contribution in [-0.2, 0) is 27.3 Å². The van der Waals surface area contributed by atoms with Crippen molar-refractivity contribution in [3.05, 3.63) is 65.3 Å². The molecular formula is C25H26N2O9. The van der Waals surface area contributed by atoms with Gasteiger partial charge < -0.3 is 29.1 Å². The summed E-state index contributed by atoms with van der Waals surface area (Å²) in [5, 5.41) is 11.8. The summed E-state index contributed by atoms with van der Waals surface area (Å²) in [5.41, 5.74) is 1.12. The van der Waals surface area contributed by atoms with Crippen LogP contribution in [-0.4, -0.2) is 53.7 Å². The third-order valence-corrected chi connectivity index (χ3v) is 5.10. The Balaban J connectivity index is 1.91. The molecule has 3 rings (SSSR count). The minimum absolute atomic E-state index is 0.0133. The number of carboxylic acid groups (broad SMARTS) is 1. The lowest BCUT2D eigenvalue weighted by Gasteiger charge is -2.19. The minimum Gasteiger partial charge on any atom is -0.490 e. The maximum Gasteiger partial charge on any atom is 0.373 e. The van der Waals surface area contributed by atoms with Crippen molar-refractivity contribution in [1.82, 2.24) is 10.2 Å². The third-order valence-electron chi connectivity index (χ3n) is 5.10. The minimum atomic E-state index is -1.14. The fourth-order valence-electron chi connectivity index (χ4n) is 3.41. The first-order valence-corrected chi connectivity index (χ1v) is 11.0. The van der Waals surface area contributed by atoms with E-state index >= 15 is 0 Å². The second-order valence-electron chi connectivity index (χ2n) is 7.67. The maximum atomic E-state index is 12.9. The predicted octanol–water partition coefficient (Wildman–Crippen LogP) is 3.14. The van der Waals surface area contributed by atoms with E-state index in [9.17, 15) is 24.3 Å². The van der Waals surface area contributed by atoms with E-state index in [1.165, 1.54) is 32.2 Å². The molecule has 0 bridgehead atoms. The van der Waals surface area contributed by atoms with Crippen LogP contribution in [0.2, 0.25) is 0 Å². The molecule has 1 atom stereocenters. The van der Waals surface area contributed by atoms with Crippen LogP contribution in [0.1, 0.15) is 41.3 Å². The van der Waals surface area contributed by atoms with E-state index in [0.29, 0.717) is 17.5 Å². The summed E-state index contributed by atoms with van der Waals surface area (Å²) in [6.07, 6.45) is 2.31. The highest BCUT2D eigenvalue weighted by molar-refractivity contribution is 6.13. The summed E-state index contributed by atoms with van der Waals surface area (Å²) >= 11 is 0. The lowest BCUT2D eigenvalue weighted by molar-refractivity contribution is -0.144. The topological polar surface area (TPSA) is 145 Å². The molecule has 1 saturated heterocycles. The molecule has 0 saturated carbocycles. The zero-order valence-corrected chi connectivity index (χ0v) is 20.0. The molecule has 0 spiro atoms. The van der Waals surface area contributed by atoms with Gasteiger partial charge in [0.2, 0.25) is 5.76 Å². The van der Waals surface area contributed by atoms with Crippen LogP contribution in [0.3, 0.4) is 0 Å². The van der Waals surface area contributed by atoms with E-state index in [1.54, 1.807) is 25.1 Å². The van der Waals surface area contributed by atoms with Gasteiger partial charge in [0.25, 0.3) is 5.91 Å². The molecule has 0 unspecified atom stereocenters. The Morgan fingerprint density at radius 3 is 2.67 bits per heavy atom. The SMILES string of the molecule is C=CCc1cc(/C=C2\NC(=O)N(Cc3ccc(C(=O)OC)o3)C2=O)cc(OCC)c1O[C@@H](C)C(=O)O. The van der Waals surface area contributed by atoms with Crippen LogP contribution in [0.15, 0.2) is 47.0 Å². The molecule has 3 amide bonds. The molecule has 36 heavy (non-hydrogen) atoms. The molecule has 2 aromatic rings. The zero-order chi connectivity index (χ0) is 26.4. The molecule has 1 aromatic carbocycles. The number of hydrogen-bond acceptors (Lipinski definition) is 8. The van der Waals surface area contributed by atoms with Crippen LogP contribution < -0.4 is 14.8 Å². The molecule has 11 heteroatoms. The normalized spacial score (nSPS) is 15.0. The first-order valence-electron chi connectivity index (χ1n) is 11.0. The molecule has 190 valence electrons. The number of nitrogens with one attached hydrogen (secondary N) is 1. The van der Waals surface area contributed by atoms with Gasteiger partial charge in [0.05, 0.1) is 20.3 Å². The number of nitrogens with zero attached hydrogens (tertiary/aromatic N) is 1. The average Bonchev–Trinajstić information content (AvgIpc) is 3.41. The zero-order valence-electron chi connectivity index (χ0n) is 20.0. The standard InChI is InChI=1S/C25H26N2O9/c1-5-7-16-10-15(12-20(34-6-2)21(16)35-14(3)23(29)30)11-18-22(28)27(25(32)26-18)13-17-8-9-19(36-17)24(31)33-4/h5,8-12,14H,1,6-7,13H2,2-4H3,(H,26,32)(H,29,30)/b18-11-/t14-/m0/s1. The van der Waals surface area contributed by atoms with Crippen molar-refractivity contribution in [2.45, 2.75) is 32.9 Å². The molecule has 0 radical (unpaired) electrons. The molecule has 1 aromatic heterocycles. The van der Waals surface area contributed by atoms with Crippen molar-refractivity contribution in [2.75, 3.05) is 13.7 Å². The Morgan fingerprint density at radius 1 is 1.28 bits per heavy atom. The van der Waals surface area contributed by atoms with Crippen molar-refractivity contribution >= 4 is 30.0 Å². The summed E-state index contributed by atoms with van der Waals surface area (Å²) in [6.45, 7) is 6.99. The van der Waals surface area contributed by atoms with Crippen LogP contribution in [0.25, 0.3) is 6.08 Å². The number of furan rings is 1. The largest absolute Gasteiger partial charge is 0.490 e. The Hall–Kier alpha value is -4.54. The van der Waals surface area contributed by atoms with Gasteiger partial charge in [-0.3, -0.25) is 9.69 Å². The molecular weight excluding hydrogens is 472 g/mol. The van der Waals surface area contributed by atoms with E-state index < -0.39 is 30.0 Å². The van der Waals surface area contributed by atoms with Crippen molar-refractivity contribution in [1.29, 1.82) is 0 Å². The number of esters is 1. The molecule has 1 aliphatic rings. The Morgan fingerprint density at radius 2 is 2.03 bits per heavy atom. The number of imide groups is 1. The molecule has 1 fully saturated rings. The molecule has 1 aliphatic heterocycles. The van der Waals surface area contributed by atoms with Crippen molar-refractivity contribution in [2.24, 2.45) is 0 Å². The fraction of sp³-hybridized carbons (Fsp3) is 0.280. The van der Waals surface area contributed by atoms with E-state index in [1.807, 2.05) is 0 Å². The number of ether oxygens (including phenoxy) is 3. The van der Waals surface area contributed by atoms with E-state index in [-0.39, 0.29) is 41.9 Å². The highest BCUT2D eigenvalue weighted by atomic mass is 16.5. The van der Waals surface area contributed by atoms with Gasteiger partial charge in [0.1, 0.15) is 11.5 Å². The van der Waals surface area contributed by atoms with E-state index in [4.69, 9.17) is 13.9 Å². The number of aliphatic carboxylic acids is 1. The molecule has 2 heterocycles. The van der Waals surface area contributed by atoms with Gasteiger partial charge in [-0.1, -0.05) is 6.08 Å². The second kappa shape index (κ2) is 11.3. The number of rotatable bonds is 11. The smallest absolute Gasteiger partial charge is 0.373 e. The first kappa shape index (κ1) is 26.1. The monoisotopic (exact) mass is 498 g/mol. The third kappa shape index (κ3) is 5.74. The van der Waals surface area contributed by atoms with E-state index in [0.717, 1.165) is 4.90 Å². The van der Waals surface area contributed by atoms with Gasteiger partial charge in [0.15, 0.2) is 17.6 Å². The van der Waals surface area contributed by atoms with Gasteiger partial charge in [0, 0.05) is 5.56 Å². The number of amides is 3. The summed E-state index contributed by atoms with van der Waals surface area (Å²) in [7, 11) is 1.21. The molecule has 11 nitrogen and oxygen atoms in total. The van der Waals surface area contributed by atoms with Gasteiger partial charge in [-0.25, -0.2) is 14.4 Å². The summed E-state index contributed by atoms with van der Waals surface area (Å²) in [4.78, 5) is 49.2. The van der Waals surface area contributed by atoms with Crippen LogP contribution >= 0.6 is 0 Å². The summed E-state index contributed by atoms with van der Waals surface area (Å²) < 4.78 is 21.2. The lowest BCUT2D eigenvalue weighted by atomic mass is 10.0. The quantitative estimate of drug-likeness (QED) is 0.207. The van der Waals surface area contributed by atoms with Crippen LogP contribution in [0, 0.1) is 0 Å². The highest BCUT2D eigenvalue weighted by Gasteiger charge is 2.34. The lowest BCUT2D eigenvalue weighted by Crippen LogP contribution is -2.30. The number of benzene rings is 1. The van der Waals surface area contributed by atoms with Gasteiger partial charge in [-0.15, -0.1) is 6.58 Å². The van der Waals surface area contributed by atoms with Crippen LogP contribution in [0.4, 0.5) is 4.79 Å². The number of carbonyl (C=O) groups is 4. The molecule has 2 N–H and O–H groups in total. The number of carbonyl (C=O) groups excluding carboxylic acids is 3. The fourth-order valence-corrected chi connectivity index (χ4v) is 3.41.